The monoisotopic (exact) mass is 461 g/mol. The molecular formula is C24H19ClF3NO3. The fourth-order valence-electron chi connectivity index (χ4n) is 4.09. The largest absolute Gasteiger partial charge is 0.493 e. The smallest absolute Gasteiger partial charge is 0.260 e. The number of benzene rings is 3. The van der Waals surface area contributed by atoms with E-state index in [4.69, 9.17) is 21.1 Å². The average molecular weight is 462 g/mol. The molecule has 0 radical (unpaired) electrons. The van der Waals surface area contributed by atoms with Crippen molar-refractivity contribution in [3.05, 3.63) is 93.3 Å². The molecule has 0 aromatic heterocycles. The van der Waals surface area contributed by atoms with E-state index >= 15 is 4.39 Å². The van der Waals surface area contributed by atoms with E-state index in [0.717, 1.165) is 17.7 Å². The molecule has 3 aromatic rings. The second-order valence-corrected chi connectivity index (χ2v) is 7.70. The summed E-state index contributed by atoms with van der Waals surface area (Å²) in [6.45, 7) is 0.0877. The SMILES string of the molecule is COc1cc2c(cc1OC)C(c1c(F)cccc1Cl)N(C(=O)c1c(F)cccc1F)CC2. The van der Waals surface area contributed by atoms with Gasteiger partial charge < -0.3 is 14.4 Å². The Morgan fingerprint density at radius 3 is 2.19 bits per heavy atom. The lowest BCUT2D eigenvalue weighted by atomic mass is 9.86. The Morgan fingerprint density at radius 2 is 1.56 bits per heavy atom. The molecule has 1 unspecified atom stereocenters. The molecule has 0 aliphatic carbocycles. The Balaban J connectivity index is 1.95. The summed E-state index contributed by atoms with van der Waals surface area (Å²) in [5, 5.41) is 0.0874. The molecule has 4 rings (SSSR count). The molecule has 8 heteroatoms. The number of amides is 1. The lowest BCUT2D eigenvalue weighted by molar-refractivity contribution is 0.0681. The Hall–Kier alpha value is -3.19. The van der Waals surface area contributed by atoms with Crippen LogP contribution < -0.4 is 9.47 Å². The number of carbonyl (C=O) groups excluding carboxylic acids is 1. The van der Waals surface area contributed by atoms with Crippen LogP contribution in [0.15, 0.2) is 48.5 Å². The van der Waals surface area contributed by atoms with Crippen molar-refractivity contribution < 1.29 is 27.4 Å². The molecule has 0 saturated heterocycles. The first-order valence-corrected chi connectivity index (χ1v) is 10.2. The van der Waals surface area contributed by atoms with E-state index in [0.29, 0.717) is 23.5 Å². The van der Waals surface area contributed by atoms with Crippen LogP contribution in [0.2, 0.25) is 5.02 Å². The normalized spacial score (nSPS) is 15.3. The van der Waals surface area contributed by atoms with Crippen molar-refractivity contribution in [3.8, 4) is 11.5 Å². The van der Waals surface area contributed by atoms with Crippen LogP contribution in [0.25, 0.3) is 0 Å². The molecule has 0 N–H and O–H groups in total. The quantitative estimate of drug-likeness (QED) is 0.510. The van der Waals surface area contributed by atoms with E-state index in [9.17, 15) is 13.6 Å². The zero-order chi connectivity index (χ0) is 23.0. The van der Waals surface area contributed by atoms with Gasteiger partial charge in [-0.3, -0.25) is 4.79 Å². The van der Waals surface area contributed by atoms with Crippen molar-refractivity contribution in [2.24, 2.45) is 0 Å². The van der Waals surface area contributed by atoms with Gasteiger partial charge in [0.25, 0.3) is 5.91 Å². The van der Waals surface area contributed by atoms with Crippen molar-refractivity contribution in [1.29, 1.82) is 0 Å². The third-order valence-electron chi connectivity index (χ3n) is 5.58. The van der Waals surface area contributed by atoms with Gasteiger partial charge in [-0.1, -0.05) is 23.7 Å². The van der Waals surface area contributed by atoms with Crippen LogP contribution in [-0.2, 0) is 6.42 Å². The highest BCUT2D eigenvalue weighted by atomic mass is 35.5. The van der Waals surface area contributed by atoms with E-state index in [-0.39, 0.29) is 17.1 Å². The van der Waals surface area contributed by atoms with Gasteiger partial charge in [0.1, 0.15) is 23.0 Å². The minimum absolute atomic E-state index is 0.0347. The van der Waals surface area contributed by atoms with Gasteiger partial charge in [0.2, 0.25) is 0 Å². The third-order valence-corrected chi connectivity index (χ3v) is 5.91. The van der Waals surface area contributed by atoms with Crippen LogP contribution >= 0.6 is 11.6 Å². The first-order valence-electron chi connectivity index (χ1n) is 9.81. The summed E-state index contributed by atoms with van der Waals surface area (Å²) in [5.74, 6) is -2.68. The van der Waals surface area contributed by atoms with Crippen molar-refractivity contribution >= 4 is 17.5 Å². The van der Waals surface area contributed by atoms with Gasteiger partial charge >= 0.3 is 0 Å². The summed E-state index contributed by atoms with van der Waals surface area (Å²) < 4.78 is 54.6. The van der Waals surface area contributed by atoms with Gasteiger partial charge in [0, 0.05) is 17.1 Å². The number of fused-ring (bicyclic) bond motifs is 1. The van der Waals surface area contributed by atoms with Gasteiger partial charge in [0.05, 0.1) is 20.3 Å². The van der Waals surface area contributed by atoms with E-state index in [1.807, 2.05) is 0 Å². The fraction of sp³-hybridized carbons (Fsp3) is 0.208. The second kappa shape index (κ2) is 8.74. The van der Waals surface area contributed by atoms with Gasteiger partial charge in [0.15, 0.2) is 11.5 Å². The highest BCUT2D eigenvalue weighted by Crippen LogP contribution is 2.44. The van der Waals surface area contributed by atoms with Crippen LogP contribution in [0.3, 0.4) is 0 Å². The predicted molar refractivity (Wildman–Crippen MR) is 114 cm³/mol. The Morgan fingerprint density at radius 1 is 0.969 bits per heavy atom. The number of halogens is 4. The Bertz CT molecular complexity index is 1160. The van der Waals surface area contributed by atoms with Gasteiger partial charge in [-0.15, -0.1) is 0 Å². The topological polar surface area (TPSA) is 38.8 Å². The first-order chi connectivity index (χ1) is 15.4. The molecule has 1 heterocycles. The van der Waals surface area contributed by atoms with Crippen molar-refractivity contribution in [2.75, 3.05) is 20.8 Å². The molecule has 1 aliphatic rings. The Labute approximate surface area is 188 Å². The second-order valence-electron chi connectivity index (χ2n) is 7.29. The van der Waals surface area contributed by atoms with Gasteiger partial charge in [-0.25, -0.2) is 13.2 Å². The summed E-state index contributed by atoms with van der Waals surface area (Å²) in [4.78, 5) is 14.6. The summed E-state index contributed by atoms with van der Waals surface area (Å²) in [7, 11) is 2.95. The molecule has 4 nitrogen and oxygen atoms in total. The predicted octanol–water partition coefficient (Wildman–Crippen LogP) is 5.56. The van der Waals surface area contributed by atoms with Gasteiger partial charge in [-0.2, -0.15) is 0 Å². The lowest BCUT2D eigenvalue weighted by Crippen LogP contribution is -2.41. The summed E-state index contributed by atoms with van der Waals surface area (Å²) in [6, 6.07) is 9.72. The highest BCUT2D eigenvalue weighted by molar-refractivity contribution is 6.31. The first kappa shape index (κ1) is 22.0. The van der Waals surface area contributed by atoms with Crippen LogP contribution in [0.4, 0.5) is 13.2 Å². The number of nitrogens with zero attached hydrogens (tertiary/aromatic N) is 1. The molecule has 166 valence electrons. The maximum Gasteiger partial charge on any atom is 0.260 e. The van der Waals surface area contributed by atoms with E-state index in [1.54, 1.807) is 12.1 Å². The number of methoxy groups -OCH3 is 2. The highest BCUT2D eigenvalue weighted by Gasteiger charge is 2.38. The maximum atomic E-state index is 15.0. The molecule has 1 aliphatic heterocycles. The maximum absolute atomic E-state index is 15.0. The molecular weight excluding hydrogens is 443 g/mol. The molecule has 1 atom stereocenters. The number of rotatable bonds is 4. The molecule has 0 saturated carbocycles. The van der Waals surface area contributed by atoms with E-state index < -0.39 is 35.0 Å². The van der Waals surface area contributed by atoms with Crippen molar-refractivity contribution in [3.63, 3.8) is 0 Å². The summed E-state index contributed by atoms with van der Waals surface area (Å²) >= 11 is 6.36. The Kier molecular flexibility index (Phi) is 6.02. The molecule has 0 fully saturated rings. The van der Waals surface area contributed by atoms with Crippen LogP contribution in [-0.4, -0.2) is 31.6 Å². The van der Waals surface area contributed by atoms with E-state index in [2.05, 4.69) is 0 Å². The molecule has 0 bridgehead atoms. The van der Waals surface area contributed by atoms with Crippen LogP contribution in [0.1, 0.15) is 33.1 Å². The average Bonchev–Trinajstić information content (AvgIpc) is 2.77. The van der Waals surface area contributed by atoms with Crippen LogP contribution in [0.5, 0.6) is 11.5 Å². The fourth-order valence-corrected chi connectivity index (χ4v) is 4.36. The summed E-state index contributed by atoms with van der Waals surface area (Å²) in [5.41, 5.74) is 0.650. The molecule has 32 heavy (non-hydrogen) atoms. The number of ether oxygens (including phenoxy) is 2. The molecule has 1 amide bonds. The summed E-state index contributed by atoms with van der Waals surface area (Å²) in [6.07, 6.45) is 0.361. The lowest BCUT2D eigenvalue weighted by Gasteiger charge is -2.38. The minimum atomic E-state index is -1.03. The number of hydrogen-bond acceptors (Lipinski definition) is 3. The zero-order valence-electron chi connectivity index (χ0n) is 17.3. The third kappa shape index (κ3) is 3.66. The zero-order valence-corrected chi connectivity index (χ0v) is 18.1. The number of carbonyl (C=O) groups is 1. The van der Waals surface area contributed by atoms with E-state index in [1.165, 1.54) is 43.4 Å². The van der Waals surface area contributed by atoms with Crippen molar-refractivity contribution in [1.82, 2.24) is 4.90 Å². The standard InChI is InChI=1S/C24H19ClF3NO3/c1-31-19-11-13-9-10-29(24(30)22-17(27)7-4-8-18(22)28)23(14(13)12-20(19)32-2)21-15(25)5-3-6-16(21)26/h3-8,11-12,23H,9-10H2,1-2H3. The van der Waals surface area contributed by atoms with Gasteiger partial charge in [-0.05, 0) is 53.9 Å². The number of hydrogen-bond donors (Lipinski definition) is 0. The molecule has 0 spiro atoms. The van der Waals surface area contributed by atoms with Crippen LogP contribution in [0, 0.1) is 17.5 Å². The minimum Gasteiger partial charge on any atom is -0.493 e. The molecule has 3 aromatic carbocycles. The van der Waals surface area contributed by atoms with Crippen molar-refractivity contribution in [2.45, 2.75) is 12.5 Å².